The SMILES string of the molecule is C=CCC/C(C)=C\C. The van der Waals surface area contributed by atoms with Crippen LogP contribution in [0.15, 0.2) is 24.3 Å². The minimum atomic E-state index is 1.11. The summed E-state index contributed by atoms with van der Waals surface area (Å²) in [7, 11) is 0. The number of allylic oxidation sites excluding steroid dienone is 3. The van der Waals surface area contributed by atoms with Crippen LogP contribution in [0.3, 0.4) is 0 Å². The van der Waals surface area contributed by atoms with E-state index in [1.54, 1.807) is 0 Å². The van der Waals surface area contributed by atoms with Crippen molar-refractivity contribution in [1.29, 1.82) is 0 Å². The molecule has 0 aromatic heterocycles. The number of hydrogen-bond donors (Lipinski definition) is 0. The van der Waals surface area contributed by atoms with Gasteiger partial charge in [0.15, 0.2) is 0 Å². The zero-order valence-corrected chi connectivity index (χ0v) is 5.78. The van der Waals surface area contributed by atoms with Crippen molar-refractivity contribution in [3.8, 4) is 0 Å². The fourth-order valence-corrected chi connectivity index (χ4v) is 0.474. The number of rotatable bonds is 3. The molecule has 0 aliphatic carbocycles. The van der Waals surface area contributed by atoms with Crippen molar-refractivity contribution < 1.29 is 0 Å². The summed E-state index contributed by atoms with van der Waals surface area (Å²) in [5.74, 6) is 0. The highest BCUT2D eigenvalue weighted by Gasteiger charge is 1.81. The second-order valence-corrected chi connectivity index (χ2v) is 1.96. The van der Waals surface area contributed by atoms with E-state index in [0.29, 0.717) is 0 Å². The van der Waals surface area contributed by atoms with Gasteiger partial charge in [-0.3, -0.25) is 0 Å². The Morgan fingerprint density at radius 1 is 1.62 bits per heavy atom. The molecular formula is C8H14. The molecule has 8 heavy (non-hydrogen) atoms. The van der Waals surface area contributed by atoms with E-state index in [1.807, 2.05) is 6.08 Å². The number of hydrogen-bond acceptors (Lipinski definition) is 0. The van der Waals surface area contributed by atoms with Gasteiger partial charge in [-0.15, -0.1) is 6.58 Å². The largest absolute Gasteiger partial charge is 0.103 e. The van der Waals surface area contributed by atoms with Crippen LogP contribution in [0.1, 0.15) is 26.7 Å². The normalized spacial score (nSPS) is 11.5. The van der Waals surface area contributed by atoms with Crippen LogP contribution in [0.2, 0.25) is 0 Å². The first-order valence-corrected chi connectivity index (χ1v) is 3.04. The van der Waals surface area contributed by atoms with Gasteiger partial charge in [-0.25, -0.2) is 0 Å². The van der Waals surface area contributed by atoms with Gasteiger partial charge in [0.1, 0.15) is 0 Å². The van der Waals surface area contributed by atoms with Crippen LogP contribution in [0.5, 0.6) is 0 Å². The molecule has 46 valence electrons. The maximum Gasteiger partial charge on any atom is -0.0289 e. The molecule has 0 amide bonds. The minimum Gasteiger partial charge on any atom is -0.103 e. The zero-order chi connectivity index (χ0) is 6.41. The van der Waals surface area contributed by atoms with Crippen LogP contribution in [0.25, 0.3) is 0 Å². The third-order valence-corrected chi connectivity index (χ3v) is 1.24. The Bertz CT molecular complexity index is 88.2. The summed E-state index contributed by atoms with van der Waals surface area (Å²) in [5, 5.41) is 0. The summed E-state index contributed by atoms with van der Waals surface area (Å²) >= 11 is 0. The first-order chi connectivity index (χ1) is 3.81. The van der Waals surface area contributed by atoms with E-state index in [2.05, 4.69) is 26.5 Å². The van der Waals surface area contributed by atoms with E-state index in [-0.39, 0.29) is 0 Å². The molecule has 0 aliphatic rings. The van der Waals surface area contributed by atoms with Crippen molar-refractivity contribution in [3.05, 3.63) is 24.3 Å². The molecule has 0 nitrogen and oxygen atoms in total. The molecule has 0 heteroatoms. The molecular weight excluding hydrogens is 96.1 g/mol. The van der Waals surface area contributed by atoms with Crippen molar-refractivity contribution >= 4 is 0 Å². The maximum absolute atomic E-state index is 3.64. The van der Waals surface area contributed by atoms with Gasteiger partial charge in [-0.2, -0.15) is 0 Å². The predicted molar refractivity (Wildman–Crippen MR) is 38.9 cm³/mol. The van der Waals surface area contributed by atoms with E-state index in [9.17, 15) is 0 Å². The molecule has 0 aromatic carbocycles. The lowest BCUT2D eigenvalue weighted by Gasteiger charge is -1.92. The standard InChI is InChI=1S/C8H14/c1-4-6-7-8(3)5-2/h4-5H,1,6-7H2,2-3H3/b8-5-. The summed E-state index contributed by atoms with van der Waals surface area (Å²) in [4.78, 5) is 0. The Morgan fingerprint density at radius 2 is 2.25 bits per heavy atom. The van der Waals surface area contributed by atoms with Crippen molar-refractivity contribution in [2.45, 2.75) is 26.7 Å². The van der Waals surface area contributed by atoms with Crippen LogP contribution < -0.4 is 0 Å². The van der Waals surface area contributed by atoms with Crippen molar-refractivity contribution in [1.82, 2.24) is 0 Å². The Balaban J connectivity index is 3.24. The molecule has 0 saturated carbocycles. The molecule has 0 aromatic rings. The second kappa shape index (κ2) is 4.63. The van der Waals surface area contributed by atoms with Gasteiger partial charge in [0, 0.05) is 0 Å². The molecule has 0 unspecified atom stereocenters. The first-order valence-electron chi connectivity index (χ1n) is 3.04. The van der Waals surface area contributed by atoms with E-state index in [1.165, 1.54) is 12.0 Å². The molecule has 0 N–H and O–H groups in total. The lowest BCUT2D eigenvalue weighted by atomic mass is 10.1. The fraction of sp³-hybridized carbons (Fsp3) is 0.500. The van der Waals surface area contributed by atoms with Gasteiger partial charge in [0.2, 0.25) is 0 Å². The highest BCUT2D eigenvalue weighted by molar-refractivity contribution is 4.96. The quantitative estimate of drug-likeness (QED) is 0.490. The lowest BCUT2D eigenvalue weighted by molar-refractivity contribution is 0.976. The van der Waals surface area contributed by atoms with Gasteiger partial charge in [0.05, 0.1) is 0 Å². The molecule has 0 saturated heterocycles. The van der Waals surface area contributed by atoms with Gasteiger partial charge >= 0.3 is 0 Å². The highest BCUT2D eigenvalue weighted by atomic mass is 13.9. The third kappa shape index (κ3) is 3.66. The van der Waals surface area contributed by atoms with Crippen LogP contribution in [0.4, 0.5) is 0 Å². The average molecular weight is 110 g/mol. The summed E-state index contributed by atoms with van der Waals surface area (Å²) in [6.45, 7) is 7.85. The molecule has 0 bridgehead atoms. The van der Waals surface area contributed by atoms with E-state index < -0.39 is 0 Å². The first kappa shape index (κ1) is 7.48. The van der Waals surface area contributed by atoms with Gasteiger partial charge in [-0.1, -0.05) is 17.7 Å². The molecule has 0 spiro atoms. The van der Waals surface area contributed by atoms with Crippen LogP contribution in [-0.2, 0) is 0 Å². The highest BCUT2D eigenvalue weighted by Crippen LogP contribution is 2.02. The smallest absolute Gasteiger partial charge is 0.0289 e. The topological polar surface area (TPSA) is 0 Å². The maximum atomic E-state index is 3.64. The van der Waals surface area contributed by atoms with E-state index in [4.69, 9.17) is 0 Å². The monoisotopic (exact) mass is 110 g/mol. The Kier molecular flexibility index (Phi) is 4.33. The van der Waals surface area contributed by atoms with E-state index in [0.717, 1.165) is 6.42 Å². The Morgan fingerprint density at radius 3 is 2.62 bits per heavy atom. The van der Waals surface area contributed by atoms with Crippen molar-refractivity contribution in [2.75, 3.05) is 0 Å². The van der Waals surface area contributed by atoms with Crippen LogP contribution in [-0.4, -0.2) is 0 Å². The second-order valence-electron chi connectivity index (χ2n) is 1.96. The van der Waals surface area contributed by atoms with Gasteiger partial charge < -0.3 is 0 Å². The molecule has 0 radical (unpaired) electrons. The van der Waals surface area contributed by atoms with Crippen molar-refractivity contribution in [2.24, 2.45) is 0 Å². The van der Waals surface area contributed by atoms with Gasteiger partial charge in [0.25, 0.3) is 0 Å². The third-order valence-electron chi connectivity index (χ3n) is 1.24. The van der Waals surface area contributed by atoms with Gasteiger partial charge in [-0.05, 0) is 26.7 Å². The van der Waals surface area contributed by atoms with Crippen molar-refractivity contribution in [3.63, 3.8) is 0 Å². The molecule has 0 heterocycles. The summed E-state index contributed by atoms with van der Waals surface area (Å²) < 4.78 is 0. The predicted octanol–water partition coefficient (Wildman–Crippen LogP) is 2.92. The summed E-state index contributed by atoms with van der Waals surface area (Å²) in [6.07, 6.45) is 6.37. The minimum absolute atomic E-state index is 1.11. The van der Waals surface area contributed by atoms with E-state index >= 15 is 0 Å². The fourth-order valence-electron chi connectivity index (χ4n) is 0.474. The molecule has 0 rings (SSSR count). The average Bonchev–Trinajstić information content (AvgIpc) is 1.83. The molecule has 0 aliphatic heterocycles. The zero-order valence-electron chi connectivity index (χ0n) is 5.78. The van der Waals surface area contributed by atoms with Crippen LogP contribution >= 0.6 is 0 Å². The molecule has 0 fully saturated rings. The Labute approximate surface area is 51.9 Å². The summed E-state index contributed by atoms with van der Waals surface area (Å²) in [5.41, 5.74) is 1.45. The molecule has 0 atom stereocenters. The Hall–Kier alpha value is -0.520. The lowest BCUT2D eigenvalue weighted by Crippen LogP contribution is -1.71. The van der Waals surface area contributed by atoms with Crippen LogP contribution in [0, 0.1) is 0 Å². The summed E-state index contributed by atoms with van der Waals surface area (Å²) in [6, 6.07) is 0.